The Morgan fingerprint density at radius 1 is 1.10 bits per heavy atom. The van der Waals surface area contributed by atoms with Gasteiger partial charge in [-0.2, -0.15) is 0 Å². The number of rotatable bonds is 5. The number of hydrogen-bond acceptors (Lipinski definition) is 7. The molecule has 0 bridgehead atoms. The Labute approximate surface area is 166 Å². The molecule has 0 spiro atoms. The molecule has 1 aliphatic heterocycles. The monoisotopic (exact) mass is 398 g/mol. The molecule has 0 aliphatic carbocycles. The summed E-state index contributed by atoms with van der Waals surface area (Å²) in [5.41, 5.74) is 1.15. The van der Waals surface area contributed by atoms with E-state index in [0.29, 0.717) is 0 Å². The number of amides is 1. The van der Waals surface area contributed by atoms with Gasteiger partial charge in [-0.15, -0.1) is 0 Å². The zero-order valence-electron chi connectivity index (χ0n) is 15.6. The Balaban J connectivity index is 1.74. The molecule has 0 fully saturated rings. The molecular formula is C20H18N2O7. The summed E-state index contributed by atoms with van der Waals surface area (Å²) in [7, 11) is 1.24. The van der Waals surface area contributed by atoms with Gasteiger partial charge in [-0.3, -0.25) is 14.9 Å². The molecule has 0 saturated heterocycles. The van der Waals surface area contributed by atoms with Crippen molar-refractivity contribution in [1.82, 2.24) is 4.90 Å². The molecule has 2 aromatic rings. The van der Waals surface area contributed by atoms with E-state index in [4.69, 9.17) is 9.47 Å². The number of ether oxygens (including phenoxy) is 2. The number of nitro groups is 1. The Morgan fingerprint density at radius 3 is 2.45 bits per heavy atom. The standard InChI is InChI=1S/C20H18N2O7/c1-28-20(25)17-10-13-6-2-3-7-14(13)11-21(17)18(23)12-29-19(24)15-8-4-5-9-16(15)22(26)27/h2-9,17H,10-12H2,1H3/t17-/m1/s1. The minimum absolute atomic E-state index is 0.164. The van der Waals surface area contributed by atoms with Gasteiger partial charge in [0.15, 0.2) is 6.61 Å². The first-order valence-electron chi connectivity index (χ1n) is 8.77. The van der Waals surface area contributed by atoms with E-state index in [-0.39, 0.29) is 18.5 Å². The molecule has 0 aromatic heterocycles. The van der Waals surface area contributed by atoms with Gasteiger partial charge in [0.25, 0.3) is 11.6 Å². The maximum atomic E-state index is 12.7. The molecule has 3 rings (SSSR count). The Bertz CT molecular complexity index is 973. The minimum atomic E-state index is -0.988. The van der Waals surface area contributed by atoms with Gasteiger partial charge in [0.1, 0.15) is 11.6 Å². The number of methoxy groups -OCH3 is 1. The van der Waals surface area contributed by atoms with E-state index in [1.165, 1.54) is 36.3 Å². The summed E-state index contributed by atoms with van der Waals surface area (Å²) in [5, 5.41) is 11.1. The van der Waals surface area contributed by atoms with Crippen molar-refractivity contribution in [2.75, 3.05) is 13.7 Å². The van der Waals surface area contributed by atoms with Crippen molar-refractivity contribution >= 4 is 23.5 Å². The number of benzene rings is 2. The van der Waals surface area contributed by atoms with E-state index in [2.05, 4.69) is 0 Å². The first-order valence-corrected chi connectivity index (χ1v) is 8.77. The van der Waals surface area contributed by atoms with Crippen molar-refractivity contribution in [3.8, 4) is 0 Å². The summed E-state index contributed by atoms with van der Waals surface area (Å²) in [6.07, 6.45) is 0.284. The lowest BCUT2D eigenvalue weighted by Crippen LogP contribution is -2.50. The van der Waals surface area contributed by atoms with Crippen LogP contribution in [0.2, 0.25) is 0 Å². The highest BCUT2D eigenvalue weighted by Gasteiger charge is 2.35. The summed E-state index contributed by atoms with van der Waals surface area (Å²) in [6, 6.07) is 11.9. The van der Waals surface area contributed by atoms with E-state index in [9.17, 15) is 24.5 Å². The molecule has 0 radical (unpaired) electrons. The third-order valence-electron chi connectivity index (χ3n) is 4.69. The molecule has 2 aromatic carbocycles. The fraction of sp³-hybridized carbons (Fsp3) is 0.250. The van der Waals surface area contributed by atoms with Crippen LogP contribution in [0.3, 0.4) is 0 Å². The third kappa shape index (κ3) is 4.23. The molecule has 1 atom stereocenters. The van der Waals surface area contributed by atoms with Gasteiger partial charge >= 0.3 is 11.9 Å². The highest BCUT2D eigenvalue weighted by atomic mass is 16.6. The lowest BCUT2D eigenvalue weighted by molar-refractivity contribution is -0.385. The van der Waals surface area contributed by atoms with Gasteiger partial charge in [-0.1, -0.05) is 36.4 Å². The van der Waals surface area contributed by atoms with E-state index >= 15 is 0 Å². The summed E-state index contributed by atoms with van der Waals surface area (Å²) >= 11 is 0. The molecule has 29 heavy (non-hydrogen) atoms. The van der Waals surface area contributed by atoms with Crippen molar-refractivity contribution in [1.29, 1.82) is 0 Å². The maximum Gasteiger partial charge on any atom is 0.345 e. The van der Waals surface area contributed by atoms with Gasteiger partial charge in [0.2, 0.25) is 0 Å². The summed E-state index contributed by atoms with van der Waals surface area (Å²) < 4.78 is 9.80. The van der Waals surface area contributed by atoms with E-state index in [1.54, 1.807) is 0 Å². The second kappa shape index (κ2) is 8.51. The lowest BCUT2D eigenvalue weighted by Gasteiger charge is -2.35. The van der Waals surface area contributed by atoms with Crippen LogP contribution >= 0.6 is 0 Å². The molecule has 0 N–H and O–H groups in total. The van der Waals surface area contributed by atoms with Crippen LogP contribution in [0, 0.1) is 10.1 Å². The third-order valence-corrected chi connectivity index (χ3v) is 4.69. The highest BCUT2D eigenvalue weighted by molar-refractivity contribution is 5.95. The predicted molar refractivity (Wildman–Crippen MR) is 99.9 cm³/mol. The first kappa shape index (κ1) is 20.0. The molecule has 1 aliphatic rings. The molecule has 9 heteroatoms. The maximum absolute atomic E-state index is 12.7. The van der Waals surface area contributed by atoms with Crippen molar-refractivity contribution in [3.63, 3.8) is 0 Å². The first-order chi connectivity index (χ1) is 13.9. The van der Waals surface area contributed by atoms with Gasteiger partial charge in [0.05, 0.1) is 12.0 Å². The van der Waals surface area contributed by atoms with E-state index in [1.807, 2.05) is 24.3 Å². The average molecular weight is 398 g/mol. The quantitative estimate of drug-likeness (QED) is 0.429. The molecule has 0 unspecified atom stereocenters. The van der Waals surface area contributed by atoms with Gasteiger partial charge in [-0.25, -0.2) is 9.59 Å². The van der Waals surface area contributed by atoms with Gasteiger partial charge in [-0.05, 0) is 17.2 Å². The summed E-state index contributed by atoms with van der Waals surface area (Å²) in [4.78, 5) is 48.8. The highest BCUT2D eigenvalue weighted by Crippen LogP contribution is 2.24. The van der Waals surface area contributed by atoms with E-state index in [0.717, 1.165) is 11.1 Å². The van der Waals surface area contributed by atoms with Crippen LogP contribution in [-0.2, 0) is 32.0 Å². The topological polar surface area (TPSA) is 116 Å². The molecule has 0 saturated carbocycles. The smallest absolute Gasteiger partial charge is 0.345 e. The van der Waals surface area contributed by atoms with Crippen LogP contribution in [0.1, 0.15) is 21.5 Å². The van der Waals surface area contributed by atoms with Crippen LogP contribution in [0.5, 0.6) is 0 Å². The zero-order chi connectivity index (χ0) is 21.0. The summed E-state index contributed by atoms with van der Waals surface area (Å²) in [6.45, 7) is -0.488. The van der Waals surface area contributed by atoms with Crippen molar-refractivity contribution in [3.05, 3.63) is 75.3 Å². The number of carbonyl (C=O) groups is 3. The fourth-order valence-electron chi connectivity index (χ4n) is 3.23. The van der Waals surface area contributed by atoms with Crippen LogP contribution in [0.4, 0.5) is 5.69 Å². The van der Waals surface area contributed by atoms with Crippen LogP contribution in [0.15, 0.2) is 48.5 Å². The number of fused-ring (bicyclic) bond motifs is 1. The van der Waals surface area contributed by atoms with Crippen molar-refractivity contribution < 1.29 is 28.8 Å². The van der Waals surface area contributed by atoms with Gasteiger partial charge < -0.3 is 14.4 Å². The molecule has 9 nitrogen and oxygen atoms in total. The molecular weight excluding hydrogens is 380 g/mol. The second-order valence-corrected chi connectivity index (χ2v) is 6.38. The Morgan fingerprint density at radius 2 is 1.76 bits per heavy atom. The molecule has 150 valence electrons. The summed E-state index contributed by atoms with van der Waals surface area (Å²) in [5.74, 6) is -2.16. The van der Waals surface area contributed by atoms with Crippen LogP contribution in [-0.4, -0.2) is 47.4 Å². The normalized spacial score (nSPS) is 15.2. The predicted octanol–water partition coefficient (Wildman–Crippen LogP) is 1.88. The number of esters is 2. The SMILES string of the molecule is COC(=O)[C@H]1Cc2ccccc2CN1C(=O)COC(=O)c1ccccc1[N+](=O)[O-]. The van der Waals surface area contributed by atoms with Gasteiger partial charge in [0, 0.05) is 19.0 Å². The number of nitro benzene ring substituents is 1. The van der Waals surface area contributed by atoms with Crippen molar-refractivity contribution in [2.45, 2.75) is 19.0 Å². The van der Waals surface area contributed by atoms with Crippen molar-refractivity contribution in [2.24, 2.45) is 0 Å². The molecule has 1 amide bonds. The number of nitrogens with zero attached hydrogens (tertiary/aromatic N) is 2. The average Bonchev–Trinajstić information content (AvgIpc) is 2.75. The largest absolute Gasteiger partial charge is 0.467 e. The Hall–Kier alpha value is -3.75. The minimum Gasteiger partial charge on any atom is -0.467 e. The number of carbonyl (C=O) groups excluding carboxylic acids is 3. The zero-order valence-corrected chi connectivity index (χ0v) is 15.6. The Kier molecular flexibility index (Phi) is 5.87. The van der Waals surface area contributed by atoms with Crippen LogP contribution < -0.4 is 0 Å². The van der Waals surface area contributed by atoms with E-state index < -0.39 is 41.1 Å². The second-order valence-electron chi connectivity index (χ2n) is 6.38. The fourth-order valence-corrected chi connectivity index (χ4v) is 3.23. The lowest BCUT2D eigenvalue weighted by atomic mass is 9.94. The molecule has 1 heterocycles. The number of para-hydroxylation sites is 1. The number of hydrogen-bond donors (Lipinski definition) is 0. The van der Waals surface area contributed by atoms with Crippen LogP contribution in [0.25, 0.3) is 0 Å².